The van der Waals surface area contributed by atoms with Gasteiger partial charge < -0.3 is 5.32 Å². The minimum absolute atomic E-state index is 0.629. The largest absolute Gasteiger partial charge is 0.377 e. The van der Waals surface area contributed by atoms with Gasteiger partial charge in [0, 0.05) is 15.5 Å². The van der Waals surface area contributed by atoms with Crippen molar-refractivity contribution in [2.75, 3.05) is 5.32 Å². The quantitative estimate of drug-likeness (QED) is 0.927. The van der Waals surface area contributed by atoms with Gasteiger partial charge in [-0.15, -0.1) is 11.3 Å². The van der Waals surface area contributed by atoms with E-state index in [-0.39, 0.29) is 0 Å². The van der Waals surface area contributed by atoms with Crippen molar-refractivity contribution in [3.63, 3.8) is 0 Å². The van der Waals surface area contributed by atoms with E-state index in [0.717, 1.165) is 21.6 Å². The highest BCUT2D eigenvalue weighted by Crippen LogP contribution is 2.24. The Kier molecular flexibility index (Phi) is 4.34. The second-order valence-electron chi connectivity index (χ2n) is 3.70. The zero-order chi connectivity index (χ0) is 13.0. The first kappa shape index (κ1) is 13.1. The number of hydrogen-bond donors (Lipinski definition) is 1. The highest BCUT2D eigenvalue weighted by atomic mass is 79.9. The van der Waals surface area contributed by atoms with Crippen molar-refractivity contribution in [2.24, 2.45) is 0 Å². The molecule has 0 amide bonds. The molecule has 92 valence electrons. The number of aromatic nitrogens is 1. The third-order valence-corrected chi connectivity index (χ3v) is 4.31. The van der Waals surface area contributed by atoms with Crippen LogP contribution in [0.25, 0.3) is 0 Å². The Morgan fingerprint density at radius 2 is 2.33 bits per heavy atom. The molecule has 0 fully saturated rings. The molecule has 0 aliphatic rings. The Labute approximate surface area is 119 Å². The maximum atomic E-state index is 9.11. The van der Waals surface area contributed by atoms with Crippen LogP contribution < -0.4 is 5.32 Å². The van der Waals surface area contributed by atoms with E-state index in [0.29, 0.717) is 12.1 Å². The van der Waals surface area contributed by atoms with Crippen molar-refractivity contribution in [2.45, 2.75) is 19.9 Å². The summed E-state index contributed by atoms with van der Waals surface area (Å²) in [4.78, 5) is 5.62. The number of anilines is 1. The van der Waals surface area contributed by atoms with Gasteiger partial charge in [-0.1, -0.05) is 13.0 Å². The third-order valence-electron chi connectivity index (χ3n) is 2.51. The molecular weight excluding hydrogens is 310 g/mol. The topological polar surface area (TPSA) is 48.7 Å². The van der Waals surface area contributed by atoms with Gasteiger partial charge in [0.15, 0.2) is 0 Å². The molecule has 1 N–H and O–H groups in total. The molecule has 0 bridgehead atoms. The fourth-order valence-corrected chi connectivity index (χ4v) is 2.81. The number of rotatable bonds is 4. The van der Waals surface area contributed by atoms with Gasteiger partial charge in [0.1, 0.15) is 11.1 Å². The standard InChI is InChI=1S/C13H12BrN3S/c1-2-9-7-17-13(18-9)8-16-12-5-3-4-11(14)10(12)6-15/h3-5,7,16H,2,8H2,1H3. The summed E-state index contributed by atoms with van der Waals surface area (Å²) in [6.45, 7) is 2.77. The molecule has 0 aliphatic carbocycles. The minimum Gasteiger partial charge on any atom is -0.377 e. The summed E-state index contributed by atoms with van der Waals surface area (Å²) in [5, 5.41) is 13.4. The predicted molar refractivity (Wildman–Crippen MR) is 77.7 cm³/mol. The Balaban J connectivity index is 2.11. The van der Waals surface area contributed by atoms with Crippen LogP contribution in [0.3, 0.4) is 0 Å². The molecule has 1 aromatic carbocycles. The molecule has 1 aromatic heterocycles. The number of nitrogens with one attached hydrogen (secondary N) is 1. The molecule has 1 heterocycles. The van der Waals surface area contributed by atoms with E-state index in [1.807, 2.05) is 24.4 Å². The fraction of sp³-hybridized carbons (Fsp3) is 0.231. The minimum atomic E-state index is 0.629. The number of aryl methyl sites for hydroxylation is 1. The Bertz CT molecular complexity index is 586. The molecule has 3 nitrogen and oxygen atoms in total. The zero-order valence-electron chi connectivity index (χ0n) is 9.90. The molecule has 18 heavy (non-hydrogen) atoms. The SMILES string of the molecule is CCc1cnc(CNc2cccc(Br)c2C#N)s1. The van der Waals surface area contributed by atoms with Gasteiger partial charge in [0.2, 0.25) is 0 Å². The van der Waals surface area contributed by atoms with E-state index in [1.54, 1.807) is 11.3 Å². The van der Waals surface area contributed by atoms with E-state index in [2.05, 4.69) is 39.2 Å². The van der Waals surface area contributed by atoms with Crippen LogP contribution in [0.1, 0.15) is 22.4 Å². The predicted octanol–water partition coefficient (Wildman–Crippen LogP) is 3.95. The second-order valence-corrected chi connectivity index (χ2v) is 5.76. The highest BCUT2D eigenvalue weighted by Gasteiger charge is 2.06. The van der Waals surface area contributed by atoms with Crippen LogP contribution in [0.4, 0.5) is 5.69 Å². The summed E-state index contributed by atoms with van der Waals surface area (Å²) in [6, 6.07) is 7.86. The van der Waals surface area contributed by atoms with Crippen LogP contribution in [0.2, 0.25) is 0 Å². The molecular formula is C13H12BrN3S. The van der Waals surface area contributed by atoms with Gasteiger partial charge in [0.05, 0.1) is 17.8 Å². The Hall–Kier alpha value is -1.38. The van der Waals surface area contributed by atoms with E-state index < -0.39 is 0 Å². The summed E-state index contributed by atoms with van der Waals surface area (Å²) in [7, 11) is 0. The first-order valence-corrected chi connectivity index (χ1v) is 7.21. The first-order chi connectivity index (χ1) is 8.74. The van der Waals surface area contributed by atoms with Crippen molar-refractivity contribution in [1.82, 2.24) is 4.98 Å². The van der Waals surface area contributed by atoms with Crippen LogP contribution in [0.5, 0.6) is 0 Å². The van der Waals surface area contributed by atoms with E-state index in [4.69, 9.17) is 5.26 Å². The lowest BCUT2D eigenvalue weighted by Crippen LogP contribution is -2.01. The number of thiazole rings is 1. The van der Waals surface area contributed by atoms with Crippen LogP contribution in [0, 0.1) is 11.3 Å². The summed E-state index contributed by atoms with van der Waals surface area (Å²) in [5.74, 6) is 0. The molecule has 0 spiro atoms. The second kappa shape index (κ2) is 5.98. The molecule has 0 radical (unpaired) electrons. The van der Waals surface area contributed by atoms with Crippen LogP contribution in [0.15, 0.2) is 28.9 Å². The summed E-state index contributed by atoms with van der Waals surface area (Å²) >= 11 is 5.07. The smallest absolute Gasteiger partial charge is 0.112 e. The van der Waals surface area contributed by atoms with Gasteiger partial charge in [-0.25, -0.2) is 4.98 Å². The van der Waals surface area contributed by atoms with Crippen molar-refractivity contribution >= 4 is 33.0 Å². The molecule has 0 saturated carbocycles. The lowest BCUT2D eigenvalue weighted by Gasteiger charge is -2.07. The number of halogens is 1. The number of nitrogens with zero attached hydrogens (tertiary/aromatic N) is 2. The Morgan fingerprint density at radius 3 is 3.00 bits per heavy atom. The molecule has 2 aromatic rings. The summed E-state index contributed by atoms with van der Waals surface area (Å²) in [5.41, 5.74) is 1.46. The van der Waals surface area contributed by atoms with Crippen LogP contribution >= 0.6 is 27.3 Å². The lowest BCUT2D eigenvalue weighted by molar-refractivity contribution is 1.09. The molecule has 0 saturated heterocycles. The number of hydrogen-bond acceptors (Lipinski definition) is 4. The van der Waals surface area contributed by atoms with Crippen molar-refractivity contribution in [1.29, 1.82) is 5.26 Å². The van der Waals surface area contributed by atoms with Gasteiger partial charge in [-0.05, 0) is 34.5 Å². The summed E-state index contributed by atoms with van der Waals surface area (Å²) < 4.78 is 0.809. The summed E-state index contributed by atoms with van der Waals surface area (Å²) in [6.07, 6.45) is 2.92. The normalized spacial score (nSPS) is 10.1. The van der Waals surface area contributed by atoms with Gasteiger partial charge >= 0.3 is 0 Å². The number of benzene rings is 1. The van der Waals surface area contributed by atoms with Gasteiger partial charge in [0.25, 0.3) is 0 Å². The molecule has 0 unspecified atom stereocenters. The molecule has 0 aliphatic heterocycles. The van der Waals surface area contributed by atoms with Gasteiger partial charge in [-0.2, -0.15) is 5.26 Å². The first-order valence-electron chi connectivity index (χ1n) is 5.60. The molecule has 5 heteroatoms. The molecule has 0 atom stereocenters. The van der Waals surface area contributed by atoms with Gasteiger partial charge in [-0.3, -0.25) is 0 Å². The zero-order valence-corrected chi connectivity index (χ0v) is 12.3. The third kappa shape index (κ3) is 2.89. The maximum absolute atomic E-state index is 9.11. The van der Waals surface area contributed by atoms with Crippen LogP contribution in [-0.4, -0.2) is 4.98 Å². The van der Waals surface area contributed by atoms with E-state index in [1.165, 1.54) is 4.88 Å². The van der Waals surface area contributed by atoms with Crippen LogP contribution in [-0.2, 0) is 13.0 Å². The fourth-order valence-electron chi connectivity index (χ4n) is 1.55. The van der Waals surface area contributed by atoms with E-state index >= 15 is 0 Å². The van der Waals surface area contributed by atoms with Crippen molar-refractivity contribution in [3.8, 4) is 6.07 Å². The average Bonchev–Trinajstić information content (AvgIpc) is 2.84. The monoisotopic (exact) mass is 321 g/mol. The Morgan fingerprint density at radius 1 is 1.50 bits per heavy atom. The van der Waals surface area contributed by atoms with Crippen molar-refractivity contribution < 1.29 is 0 Å². The number of nitriles is 1. The maximum Gasteiger partial charge on any atom is 0.112 e. The lowest BCUT2D eigenvalue weighted by atomic mass is 10.2. The highest BCUT2D eigenvalue weighted by molar-refractivity contribution is 9.10. The van der Waals surface area contributed by atoms with Crippen molar-refractivity contribution in [3.05, 3.63) is 44.3 Å². The van der Waals surface area contributed by atoms with E-state index in [9.17, 15) is 0 Å². The molecule has 2 rings (SSSR count). The average molecular weight is 322 g/mol.